The van der Waals surface area contributed by atoms with E-state index < -0.39 is 0 Å². The van der Waals surface area contributed by atoms with Crippen molar-refractivity contribution in [3.8, 4) is 0 Å². The number of hydrogen-bond acceptors (Lipinski definition) is 4. The summed E-state index contributed by atoms with van der Waals surface area (Å²) in [7, 11) is 1.68. The molecule has 2 aromatic rings. The highest BCUT2D eigenvalue weighted by Crippen LogP contribution is 2.26. The second-order valence-electron chi connectivity index (χ2n) is 3.49. The quantitative estimate of drug-likeness (QED) is 0.767. The number of anilines is 1. The molecule has 0 saturated heterocycles. The van der Waals surface area contributed by atoms with Gasteiger partial charge in [-0.15, -0.1) is 5.10 Å². The molecule has 1 aromatic heterocycles. The Balaban J connectivity index is 2.31. The SMILES string of the molecule is Cc1cc(Sc2n[nH]c(=O)n2C)ccc1N. The van der Waals surface area contributed by atoms with Crippen LogP contribution >= 0.6 is 11.8 Å². The smallest absolute Gasteiger partial charge is 0.343 e. The molecule has 0 spiro atoms. The van der Waals surface area contributed by atoms with Crippen molar-refractivity contribution < 1.29 is 0 Å². The molecule has 0 radical (unpaired) electrons. The van der Waals surface area contributed by atoms with E-state index in [2.05, 4.69) is 10.2 Å². The van der Waals surface area contributed by atoms with Crippen LogP contribution in [0.4, 0.5) is 5.69 Å². The summed E-state index contributed by atoms with van der Waals surface area (Å²) in [5.74, 6) is 0. The van der Waals surface area contributed by atoms with E-state index in [1.807, 2.05) is 25.1 Å². The second-order valence-corrected chi connectivity index (χ2v) is 4.53. The highest BCUT2D eigenvalue weighted by atomic mass is 32.2. The van der Waals surface area contributed by atoms with Gasteiger partial charge in [-0.05, 0) is 42.4 Å². The van der Waals surface area contributed by atoms with Crippen LogP contribution in [-0.4, -0.2) is 14.8 Å². The molecule has 84 valence electrons. The zero-order valence-electron chi connectivity index (χ0n) is 9.02. The Hall–Kier alpha value is -1.69. The first kappa shape index (κ1) is 10.8. The van der Waals surface area contributed by atoms with Gasteiger partial charge in [0.2, 0.25) is 0 Å². The fraction of sp³-hybridized carbons (Fsp3) is 0.200. The van der Waals surface area contributed by atoms with Gasteiger partial charge in [0.05, 0.1) is 0 Å². The van der Waals surface area contributed by atoms with Gasteiger partial charge in [-0.3, -0.25) is 4.57 Å². The van der Waals surface area contributed by atoms with Gasteiger partial charge < -0.3 is 5.73 Å². The van der Waals surface area contributed by atoms with Gasteiger partial charge in [0.25, 0.3) is 0 Å². The number of aromatic amines is 1. The van der Waals surface area contributed by atoms with E-state index in [1.165, 1.54) is 16.3 Å². The van der Waals surface area contributed by atoms with E-state index in [4.69, 9.17) is 5.73 Å². The summed E-state index contributed by atoms with van der Waals surface area (Å²) >= 11 is 1.42. The monoisotopic (exact) mass is 236 g/mol. The number of nitrogens with zero attached hydrogens (tertiary/aromatic N) is 2. The maximum absolute atomic E-state index is 11.2. The molecule has 16 heavy (non-hydrogen) atoms. The van der Waals surface area contributed by atoms with Crippen molar-refractivity contribution >= 4 is 17.4 Å². The maximum Gasteiger partial charge on any atom is 0.343 e. The summed E-state index contributed by atoms with van der Waals surface area (Å²) in [4.78, 5) is 12.2. The van der Waals surface area contributed by atoms with E-state index in [9.17, 15) is 4.79 Å². The third-order valence-electron chi connectivity index (χ3n) is 2.29. The number of nitrogens with one attached hydrogen (secondary N) is 1. The Kier molecular flexibility index (Phi) is 2.74. The molecule has 2 rings (SSSR count). The van der Waals surface area contributed by atoms with Gasteiger partial charge in [-0.2, -0.15) is 0 Å². The van der Waals surface area contributed by atoms with E-state index in [1.54, 1.807) is 7.05 Å². The van der Waals surface area contributed by atoms with Crippen molar-refractivity contribution in [1.29, 1.82) is 0 Å². The first-order valence-electron chi connectivity index (χ1n) is 4.73. The molecular formula is C10H12N4OS. The van der Waals surface area contributed by atoms with Crippen molar-refractivity contribution in [3.05, 3.63) is 34.2 Å². The van der Waals surface area contributed by atoms with Crippen molar-refractivity contribution in [1.82, 2.24) is 14.8 Å². The second kappa shape index (κ2) is 4.05. The standard InChI is InChI=1S/C10H12N4OS/c1-6-5-7(3-4-8(6)11)16-10-13-12-9(15)14(10)2/h3-5H,11H2,1-2H3,(H,12,15). The molecule has 0 atom stereocenters. The first-order chi connectivity index (χ1) is 7.58. The zero-order valence-corrected chi connectivity index (χ0v) is 9.84. The van der Waals surface area contributed by atoms with Gasteiger partial charge in [0.1, 0.15) is 0 Å². The first-order valence-corrected chi connectivity index (χ1v) is 5.55. The van der Waals surface area contributed by atoms with Crippen molar-refractivity contribution in [2.75, 3.05) is 5.73 Å². The summed E-state index contributed by atoms with van der Waals surface area (Å²) in [6.45, 7) is 1.95. The minimum Gasteiger partial charge on any atom is -0.399 e. The van der Waals surface area contributed by atoms with Gasteiger partial charge in [0, 0.05) is 17.6 Å². The fourth-order valence-electron chi connectivity index (χ4n) is 1.24. The van der Waals surface area contributed by atoms with Crippen molar-refractivity contribution in [2.45, 2.75) is 17.0 Å². The van der Waals surface area contributed by atoms with E-state index in [-0.39, 0.29) is 5.69 Å². The molecule has 0 aliphatic heterocycles. The van der Waals surface area contributed by atoms with Gasteiger partial charge >= 0.3 is 5.69 Å². The minimum atomic E-state index is -0.213. The van der Waals surface area contributed by atoms with E-state index in [0.717, 1.165) is 16.1 Å². The molecule has 0 amide bonds. The van der Waals surface area contributed by atoms with Gasteiger partial charge in [-0.25, -0.2) is 9.89 Å². The van der Waals surface area contributed by atoms with Gasteiger partial charge in [0.15, 0.2) is 5.16 Å². The summed E-state index contributed by atoms with van der Waals surface area (Å²) in [5.41, 5.74) is 7.30. The fourth-order valence-corrected chi connectivity index (χ4v) is 2.13. The number of benzene rings is 1. The zero-order chi connectivity index (χ0) is 11.7. The Bertz CT molecular complexity index is 572. The van der Waals surface area contributed by atoms with E-state index >= 15 is 0 Å². The number of H-pyrrole nitrogens is 1. The number of aryl methyl sites for hydroxylation is 1. The highest BCUT2D eigenvalue weighted by molar-refractivity contribution is 7.99. The molecule has 0 aliphatic carbocycles. The topological polar surface area (TPSA) is 76.7 Å². The Morgan fingerprint density at radius 3 is 2.81 bits per heavy atom. The van der Waals surface area contributed by atoms with Crippen LogP contribution in [0.5, 0.6) is 0 Å². The lowest BCUT2D eigenvalue weighted by Crippen LogP contribution is -2.12. The van der Waals surface area contributed by atoms with Crippen LogP contribution in [0.25, 0.3) is 0 Å². The molecule has 1 heterocycles. The number of aromatic nitrogens is 3. The average molecular weight is 236 g/mol. The van der Waals surface area contributed by atoms with Crippen LogP contribution in [-0.2, 0) is 7.05 Å². The average Bonchev–Trinajstić information content (AvgIpc) is 2.55. The van der Waals surface area contributed by atoms with Crippen LogP contribution < -0.4 is 11.4 Å². The Labute approximate surface area is 96.7 Å². The predicted molar refractivity (Wildman–Crippen MR) is 63.5 cm³/mol. The number of hydrogen-bond donors (Lipinski definition) is 2. The molecule has 0 aliphatic rings. The normalized spacial score (nSPS) is 10.6. The Morgan fingerprint density at radius 1 is 1.50 bits per heavy atom. The number of nitrogen functional groups attached to an aromatic ring is 1. The molecule has 6 heteroatoms. The molecular weight excluding hydrogens is 224 g/mol. The van der Waals surface area contributed by atoms with Crippen molar-refractivity contribution in [3.63, 3.8) is 0 Å². The largest absolute Gasteiger partial charge is 0.399 e. The summed E-state index contributed by atoms with van der Waals surface area (Å²) in [6.07, 6.45) is 0. The van der Waals surface area contributed by atoms with Crippen LogP contribution in [0.1, 0.15) is 5.56 Å². The summed E-state index contributed by atoms with van der Waals surface area (Å²) in [6, 6.07) is 5.73. The summed E-state index contributed by atoms with van der Waals surface area (Å²) in [5, 5.41) is 6.95. The number of rotatable bonds is 2. The third-order valence-corrected chi connectivity index (χ3v) is 3.33. The molecule has 0 bridgehead atoms. The summed E-state index contributed by atoms with van der Waals surface area (Å²) < 4.78 is 1.47. The molecule has 0 unspecified atom stereocenters. The molecule has 3 N–H and O–H groups in total. The molecule has 0 fully saturated rings. The number of nitrogens with two attached hydrogens (primary N) is 1. The highest BCUT2D eigenvalue weighted by Gasteiger charge is 2.06. The lowest BCUT2D eigenvalue weighted by molar-refractivity contribution is 0.766. The minimum absolute atomic E-state index is 0.213. The van der Waals surface area contributed by atoms with Crippen LogP contribution in [0.3, 0.4) is 0 Å². The van der Waals surface area contributed by atoms with Crippen LogP contribution in [0.15, 0.2) is 33.0 Å². The van der Waals surface area contributed by atoms with Gasteiger partial charge in [-0.1, -0.05) is 0 Å². The predicted octanol–water partition coefficient (Wildman–Crippen LogP) is 1.15. The molecule has 5 nitrogen and oxygen atoms in total. The molecule has 1 aromatic carbocycles. The molecule has 0 saturated carbocycles. The maximum atomic E-state index is 11.2. The third kappa shape index (κ3) is 1.96. The van der Waals surface area contributed by atoms with Crippen LogP contribution in [0.2, 0.25) is 0 Å². The Morgan fingerprint density at radius 2 is 2.25 bits per heavy atom. The van der Waals surface area contributed by atoms with E-state index in [0.29, 0.717) is 5.16 Å². The lowest BCUT2D eigenvalue weighted by Gasteiger charge is -2.03. The lowest BCUT2D eigenvalue weighted by atomic mass is 10.2. The van der Waals surface area contributed by atoms with Crippen molar-refractivity contribution in [2.24, 2.45) is 7.05 Å². The van der Waals surface area contributed by atoms with Crippen LogP contribution in [0, 0.1) is 6.92 Å².